The van der Waals surface area contributed by atoms with E-state index in [1.807, 2.05) is 0 Å². The third-order valence-corrected chi connectivity index (χ3v) is 1.94. The summed E-state index contributed by atoms with van der Waals surface area (Å²) in [7, 11) is 3.35. The lowest BCUT2D eigenvalue weighted by Gasteiger charge is -2.11. The van der Waals surface area contributed by atoms with E-state index >= 15 is 0 Å². The lowest BCUT2D eigenvalue weighted by Crippen LogP contribution is -2.21. The largest absolute Gasteiger partial charge is 0.399 e. The maximum absolute atomic E-state index is 11.5. The van der Waals surface area contributed by atoms with Crippen LogP contribution in [-0.2, 0) is 0 Å². The molecule has 17 heavy (non-hydrogen) atoms. The summed E-state index contributed by atoms with van der Waals surface area (Å²) in [6, 6.07) is 4.85. The molecule has 5 heteroatoms. The van der Waals surface area contributed by atoms with Gasteiger partial charge in [0.25, 0.3) is 5.91 Å². The maximum atomic E-state index is 11.5. The third kappa shape index (κ3) is 6.04. The van der Waals surface area contributed by atoms with Gasteiger partial charge < -0.3 is 10.6 Å². The van der Waals surface area contributed by atoms with Crippen LogP contribution in [0.3, 0.4) is 0 Å². The number of nitrogens with two attached hydrogens (primary N) is 1. The van der Waals surface area contributed by atoms with E-state index in [0.29, 0.717) is 16.3 Å². The highest BCUT2D eigenvalue weighted by Gasteiger charge is 2.11. The molecule has 94 valence electrons. The Bertz CT molecular complexity index is 368. The molecule has 2 N–H and O–H groups in total. The molecular formula is C12H17ClN2OS. The van der Waals surface area contributed by atoms with Gasteiger partial charge in [0, 0.05) is 19.8 Å². The minimum Gasteiger partial charge on any atom is -0.399 e. The molecule has 0 aliphatic heterocycles. The van der Waals surface area contributed by atoms with E-state index in [-0.39, 0.29) is 5.91 Å². The Balaban J connectivity index is 0. The molecule has 0 heterocycles. The molecule has 1 aromatic carbocycles. The van der Waals surface area contributed by atoms with E-state index in [2.05, 4.69) is 31.2 Å². The van der Waals surface area contributed by atoms with Gasteiger partial charge in [-0.05, 0) is 24.1 Å². The highest BCUT2D eigenvalue weighted by molar-refractivity contribution is 7.77. The fourth-order valence-electron chi connectivity index (χ4n) is 0.946. The third-order valence-electron chi connectivity index (χ3n) is 1.63. The summed E-state index contributed by atoms with van der Waals surface area (Å²) in [5.41, 5.74) is 6.52. The normalized spacial score (nSPS) is 7.94. The minimum atomic E-state index is -0.120. The average Bonchev–Trinajstić information content (AvgIpc) is 2.33. The molecule has 3 nitrogen and oxygen atoms in total. The van der Waals surface area contributed by atoms with Crippen molar-refractivity contribution in [1.29, 1.82) is 0 Å². The molecule has 0 atom stereocenters. The molecule has 0 radical (unpaired) electrons. The Morgan fingerprint density at radius 2 is 1.82 bits per heavy atom. The van der Waals surface area contributed by atoms with Gasteiger partial charge in [-0.2, -0.15) is 0 Å². The first-order valence-corrected chi connectivity index (χ1v) is 5.53. The summed E-state index contributed by atoms with van der Waals surface area (Å²) in [6.45, 7) is 6.00. The zero-order valence-corrected chi connectivity index (χ0v) is 11.6. The van der Waals surface area contributed by atoms with Crippen molar-refractivity contribution in [2.75, 3.05) is 19.8 Å². The van der Waals surface area contributed by atoms with Gasteiger partial charge in [-0.25, -0.2) is 0 Å². The summed E-state index contributed by atoms with van der Waals surface area (Å²) < 4.78 is 0. The van der Waals surface area contributed by atoms with Gasteiger partial charge in [-0.3, -0.25) is 4.79 Å². The molecule has 0 unspecified atom stereocenters. The molecule has 0 bridgehead atoms. The van der Waals surface area contributed by atoms with E-state index in [1.165, 1.54) is 4.90 Å². The van der Waals surface area contributed by atoms with Crippen LogP contribution in [0.4, 0.5) is 5.69 Å². The van der Waals surface area contributed by atoms with Crippen LogP contribution < -0.4 is 5.73 Å². The van der Waals surface area contributed by atoms with Crippen LogP contribution in [0.15, 0.2) is 31.4 Å². The first kappa shape index (κ1) is 18.0. The van der Waals surface area contributed by atoms with Crippen molar-refractivity contribution in [3.05, 3.63) is 41.9 Å². The topological polar surface area (TPSA) is 46.3 Å². The number of rotatable bonds is 1. The Hall–Kier alpha value is -1.39. The van der Waals surface area contributed by atoms with E-state index in [9.17, 15) is 4.79 Å². The average molecular weight is 273 g/mol. The molecular weight excluding hydrogens is 256 g/mol. The molecule has 0 saturated heterocycles. The summed E-state index contributed by atoms with van der Waals surface area (Å²) in [6.07, 6.45) is 0. The van der Waals surface area contributed by atoms with Crippen molar-refractivity contribution in [1.82, 2.24) is 4.90 Å². The van der Waals surface area contributed by atoms with E-state index in [1.54, 1.807) is 32.3 Å². The Labute approximate surface area is 113 Å². The lowest BCUT2D eigenvalue weighted by atomic mass is 10.2. The number of anilines is 1. The van der Waals surface area contributed by atoms with Crippen LogP contribution in [0.2, 0.25) is 5.02 Å². The Kier molecular flexibility index (Phi) is 10.4. The summed E-state index contributed by atoms with van der Waals surface area (Å²) in [5, 5.41) is 0.388. The van der Waals surface area contributed by atoms with E-state index in [0.717, 1.165) is 0 Å². The smallest absolute Gasteiger partial charge is 0.254 e. The van der Waals surface area contributed by atoms with Crippen LogP contribution in [0.25, 0.3) is 0 Å². The molecule has 1 rings (SSSR count). The first-order valence-electron chi connectivity index (χ1n) is 4.58. The van der Waals surface area contributed by atoms with Gasteiger partial charge in [0.2, 0.25) is 0 Å². The number of nitrogen functional groups attached to an aromatic ring is 1. The van der Waals surface area contributed by atoms with Crippen LogP contribution in [0, 0.1) is 0 Å². The second kappa shape index (κ2) is 9.81. The van der Waals surface area contributed by atoms with Crippen molar-refractivity contribution < 1.29 is 4.79 Å². The Morgan fingerprint density at radius 1 is 1.35 bits per heavy atom. The van der Waals surface area contributed by atoms with Crippen molar-refractivity contribution in [3.8, 4) is 0 Å². The molecule has 0 spiro atoms. The number of hydrogen-bond donors (Lipinski definition) is 1. The van der Waals surface area contributed by atoms with Crippen LogP contribution >= 0.6 is 23.8 Å². The second-order valence-corrected chi connectivity index (χ2v) is 3.35. The predicted molar refractivity (Wildman–Crippen MR) is 79.8 cm³/mol. The van der Waals surface area contributed by atoms with Crippen LogP contribution in [0.5, 0.6) is 0 Å². The standard InChI is InChI=1S/C9H11ClN2O.C2H4.CH2S/c1-12(2)9(13)7-4-3-6(11)5-8(7)10;2*1-2/h3-5H,11H2,1-2H3;1-2H2;1H2. The number of hydrogen-bond acceptors (Lipinski definition) is 3. The van der Waals surface area contributed by atoms with Gasteiger partial charge in [0.05, 0.1) is 10.6 Å². The number of halogens is 1. The van der Waals surface area contributed by atoms with Crippen LogP contribution in [0.1, 0.15) is 10.4 Å². The minimum absolute atomic E-state index is 0.120. The highest BCUT2D eigenvalue weighted by atomic mass is 35.5. The van der Waals surface area contributed by atoms with Crippen molar-refractivity contribution in [2.24, 2.45) is 0 Å². The van der Waals surface area contributed by atoms with Gasteiger partial charge in [-0.15, -0.1) is 13.2 Å². The maximum Gasteiger partial charge on any atom is 0.254 e. The monoisotopic (exact) mass is 272 g/mol. The van der Waals surface area contributed by atoms with E-state index < -0.39 is 0 Å². The van der Waals surface area contributed by atoms with Crippen molar-refractivity contribution in [2.45, 2.75) is 0 Å². The second-order valence-electron chi connectivity index (χ2n) is 2.94. The van der Waals surface area contributed by atoms with E-state index in [4.69, 9.17) is 17.3 Å². The van der Waals surface area contributed by atoms with Crippen molar-refractivity contribution in [3.63, 3.8) is 0 Å². The number of benzene rings is 1. The zero-order valence-electron chi connectivity index (χ0n) is 10.1. The fourth-order valence-corrected chi connectivity index (χ4v) is 1.22. The molecule has 1 aromatic rings. The van der Waals surface area contributed by atoms with Crippen molar-refractivity contribution >= 4 is 41.3 Å². The Morgan fingerprint density at radius 3 is 2.18 bits per heavy atom. The highest BCUT2D eigenvalue weighted by Crippen LogP contribution is 2.19. The number of thiocarbonyl (C=S) groups is 1. The lowest BCUT2D eigenvalue weighted by molar-refractivity contribution is 0.0828. The number of carbonyl (C=O) groups excluding carboxylic acids is 1. The number of nitrogens with zero attached hydrogens (tertiary/aromatic N) is 1. The summed E-state index contributed by atoms with van der Waals surface area (Å²) in [5.74, 6) is 2.71. The summed E-state index contributed by atoms with van der Waals surface area (Å²) >= 11 is 9.67. The quantitative estimate of drug-likeness (QED) is 0.486. The summed E-state index contributed by atoms with van der Waals surface area (Å²) in [4.78, 5) is 12.9. The SMILES string of the molecule is C=C.C=S.CN(C)C(=O)c1ccc(N)cc1Cl. The predicted octanol–water partition coefficient (Wildman–Crippen LogP) is 3.04. The van der Waals surface area contributed by atoms with Crippen LogP contribution in [-0.4, -0.2) is 30.8 Å². The van der Waals surface area contributed by atoms with Gasteiger partial charge in [-0.1, -0.05) is 23.8 Å². The molecule has 0 saturated carbocycles. The molecule has 0 aliphatic carbocycles. The van der Waals surface area contributed by atoms with Gasteiger partial charge in [0.15, 0.2) is 0 Å². The first-order chi connectivity index (χ1) is 8.02. The molecule has 0 fully saturated rings. The molecule has 0 aliphatic rings. The number of amides is 1. The molecule has 1 amide bonds. The molecule has 0 aromatic heterocycles. The fraction of sp³-hybridized carbons (Fsp3) is 0.167. The number of carbonyl (C=O) groups is 1. The van der Waals surface area contributed by atoms with Gasteiger partial charge in [0.1, 0.15) is 0 Å². The zero-order chi connectivity index (χ0) is 14.0. The van der Waals surface area contributed by atoms with Gasteiger partial charge >= 0.3 is 0 Å².